The number of fused-ring (bicyclic) bond motifs is 6. The van der Waals surface area contributed by atoms with Crippen molar-refractivity contribution in [3.63, 3.8) is 0 Å². The van der Waals surface area contributed by atoms with Crippen molar-refractivity contribution < 1.29 is 4.74 Å². The van der Waals surface area contributed by atoms with Crippen molar-refractivity contribution in [1.29, 1.82) is 5.26 Å². The zero-order valence-electron chi connectivity index (χ0n) is 18.6. The summed E-state index contributed by atoms with van der Waals surface area (Å²) in [5.74, 6) is 1.27. The second kappa shape index (κ2) is 7.64. The molecule has 160 valence electrons. The molecule has 2 aliphatic carbocycles. The van der Waals surface area contributed by atoms with Crippen molar-refractivity contribution in [2.45, 2.75) is 29.6 Å². The third-order valence-electron chi connectivity index (χ3n) is 7.82. The van der Waals surface area contributed by atoms with Gasteiger partial charge in [-0.1, -0.05) is 91.0 Å². The zero-order valence-corrected chi connectivity index (χ0v) is 18.6. The Morgan fingerprint density at radius 3 is 2.15 bits per heavy atom. The van der Waals surface area contributed by atoms with Crippen LogP contribution in [-0.4, -0.2) is 7.11 Å². The fourth-order valence-electron chi connectivity index (χ4n) is 6.49. The molecule has 4 aromatic rings. The van der Waals surface area contributed by atoms with Gasteiger partial charge in [0.1, 0.15) is 5.75 Å². The highest BCUT2D eigenvalue weighted by Crippen LogP contribution is 2.68. The van der Waals surface area contributed by atoms with Crippen LogP contribution in [0.4, 0.5) is 0 Å². The molecule has 1 saturated carbocycles. The van der Waals surface area contributed by atoms with Gasteiger partial charge in [0.05, 0.1) is 18.6 Å². The average molecular weight is 428 g/mol. The third-order valence-corrected chi connectivity index (χ3v) is 7.82. The molecule has 0 amide bonds. The van der Waals surface area contributed by atoms with Gasteiger partial charge in [0, 0.05) is 11.8 Å². The molecule has 0 aromatic heterocycles. The second-order valence-corrected chi connectivity index (χ2v) is 9.17. The van der Waals surface area contributed by atoms with Crippen LogP contribution in [0.15, 0.2) is 103 Å². The molecule has 2 nitrogen and oxygen atoms in total. The summed E-state index contributed by atoms with van der Waals surface area (Å²) in [6, 6.07) is 39.3. The monoisotopic (exact) mass is 427 g/mol. The van der Waals surface area contributed by atoms with Crippen LogP contribution in [0.2, 0.25) is 0 Å². The maximum atomic E-state index is 11.0. The lowest BCUT2D eigenvalue weighted by molar-refractivity contribution is 0.413. The fourth-order valence-corrected chi connectivity index (χ4v) is 6.49. The van der Waals surface area contributed by atoms with Crippen LogP contribution in [0, 0.1) is 11.3 Å². The van der Waals surface area contributed by atoms with E-state index in [1.165, 1.54) is 27.8 Å². The standard InChI is InChI=1S/C31H25NO/c1-33-23-17-15-22(16-18-23)29-19-27(21-9-3-2-4-10-21)30-26-13-6-5-11-24(26)25-12-7-8-14-28(25)31(29,30)20-32/h2-18,27,29-30H,19H2,1H3/t27-,29+,30+,31-/m0/s1. The topological polar surface area (TPSA) is 33.0 Å². The van der Waals surface area contributed by atoms with E-state index in [2.05, 4.69) is 97.1 Å². The average Bonchev–Trinajstić information content (AvgIpc) is 3.26. The molecular formula is C31H25NO. The Balaban J connectivity index is 1.65. The molecule has 2 aliphatic rings. The van der Waals surface area contributed by atoms with Gasteiger partial charge in [-0.25, -0.2) is 0 Å². The first-order valence-corrected chi connectivity index (χ1v) is 11.6. The molecule has 0 radical (unpaired) electrons. The molecule has 0 bridgehead atoms. The van der Waals surface area contributed by atoms with Crippen LogP contribution >= 0.6 is 0 Å². The van der Waals surface area contributed by atoms with Crippen molar-refractivity contribution in [3.8, 4) is 22.9 Å². The summed E-state index contributed by atoms with van der Waals surface area (Å²) < 4.78 is 5.42. The van der Waals surface area contributed by atoms with E-state index in [0.717, 1.165) is 17.7 Å². The highest BCUT2D eigenvalue weighted by Gasteiger charge is 2.60. The van der Waals surface area contributed by atoms with Gasteiger partial charge in [0.25, 0.3) is 0 Å². The summed E-state index contributed by atoms with van der Waals surface area (Å²) in [4.78, 5) is 0. The predicted octanol–water partition coefficient (Wildman–Crippen LogP) is 7.19. The Bertz CT molecular complexity index is 1350. The molecule has 4 atom stereocenters. The number of ether oxygens (including phenoxy) is 1. The molecule has 1 fully saturated rings. The number of nitrogens with zero attached hydrogens (tertiary/aromatic N) is 1. The van der Waals surface area contributed by atoms with Gasteiger partial charge >= 0.3 is 0 Å². The molecule has 0 unspecified atom stereocenters. The molecule has 6 rings (SSSR count). The number of nitriles is 1. The van der Waals surface area contributed by atoms with E-state index in [9.17, 15) is 5.26 Å². The second-order valence-electron chi connectivity index (χ2n) is 9.17. The van der Waals surface area contributed by atoms with Crippen LogP contribution in [0.1, 0.15) is 46.4 Å². The lowest BCUT2D eigenvalue weighted by Crippen LogP contribution is -2.37. The first kappa shape index (κ1) is 19.8. The summed E-state index contributed by atoms with van der Waals surface area (Å²) in [7, 11) is 1.69. The summed E-state index contributed by atoms with van der Waals surface area (Å²) in [5, 5.41) is 11.0. The van der Waals surface area contributed by atoms with E-state index >= 15 is 0 Å². The summed E-state index contributed by atoms with van der Waals surface area (Å²) >= 11 is 0. The predicted molar refractivity (Wildman–Crippen MR) is 131 cm³/mol. The van der Waals surface area contributed by atoms with Gasteiger partial charge in [0.15, 0.2) is 0 Å². The highest BCUT2D eigenvalue weighted by molar-refractivity contribution is 5.79. The van der Waals surface area contributed by atoms with Crippen molar-refractivity contribution in [2.75, 3.05) is 7.11 Å². The van der Waals surface area contributed by atoms with E-state index in [0.29, 0.717) is 0 Å². The van der Waals surface area contributed by atoms with E-state index in [-0.39, 0.29) is 17.8 Å². The Morgan fingerprint density at radius 1 is 0.758 bits per heavy atom. The van der Waals surface area contributed by atoms with Gasteiger partial charge in [-0.2, -0.15) is 5.26 Å². The summed E-state index contributed by atoms with van der Waals surface area (Å²) in [6.45, 7) is 0. The van der Waals surface area contributed by atoms with E-state index in [1.54, 1.807) is 7.11 Å². The molecule has 0 N–H and O–H groups in total. The summed E-state index contributed by atoms with van der Waals surface area (Å²) in [5.41, 5.74) is 6.79. The molecule has 0 aliphatic heterocycles. The number of benzene rings is 4. The number of rotatable bonds is 3. The van der Waals surface area contributed by atoms with Gasteiger partial charge < -0.3 is 4.74 Å². The smallest absolute Gasteiger partial charge is 0.118 e. The molecule has 0 heterocycles. The normalized spacial score (nSPS) is 24.8. The third kappa shape index (κ3) is 2.79. The molecule has 33 heavy (non-hydrogen) atoms. The van der Waals surface area contributed by atoms with Crippen molar-refractivity contribution >= 4 is 0 Å². The molecule has 4 aromatic carbocycles. The Hall–Kier alpha value is -3.83. The van der Waals surface area contributed by atoms with Gasteiger partial charge in [-0.3, -0.25) is 0 Å². The number of hydrogen-bond donors (Lipinski definition) is 0. The fraction of sp³-hybridized carbons (Fsp3) is 0.194. The SMILES string of the molecule is COc1ccc([C@H]2C[C@@H](c3ccccc3)[C@H]3c4ccccc4-c4ccccc4[C@@]23C#N)cc1. The van der Waals surface area contributed by atoms with Gasteiger partial charge in [-0.05, 0) is 57.9 Å². The minimum atomic E-state index is -0.639. The minimum absolute atomic E-state index is 0.0816. The number of methoxy groups -OCH3 is 1. The largest absolute Gasteiger partial charge is 0.497 e. The van der Waals surface area contributed by atoms with Gasteiger partial charge in [0.2, 0.25) is 0 Å². The van der Waals surface area contributed by atoms with Crippen LogP contribution in [0.25, 0.3) is 11.1 Å². The summed E-state index contributed by atoms with van der Waals surface area (Å²) in [6.07, 6.45) is 0.928. The van der Waals surface area contributed by atoms with Crippen LogP contribution < -0.4 is 4.74 Å². The van der Waals surface area contributed by atoms with E-state index in [1.807, 2.05) is 12.1 Å². The first-order valence-electron chi connectivity index (χ1n) is 11.6. The first-order chi connectivity index (χ1) is 16.3. The lowest BCUT2D eigenvalue weighted by atomic mass is 9.58. The quantitative estimate of drug-likeness (QED) is 0.346. The highest BCUT2D eigenvalue weighted by atomic mass is 16.5. The zero-order chi connectivity index (χ0) is 22.4. The Labute approximate surface area is 195 Å². The number of hydrogen-bond acceptors (Lipinski definition) is 2. The Kier molecular flexibility index (Phi) is 4.59. The minimum Gasteiger partial charge on any atom is -0.497 e. The Morgan fingerprint density at radius 2 is 1.42 bits per heavy atom. The van der Waals surface area contributed by atoms with Crippen LogP contribution in [0.5, 0.6) is 5.75 Å². The van der Waals surface area contributed by atoms with Crippen LogP contribution in [0.3, 0.4) is 0 Å². The van der Waals surface area contributed by atoms with Crippen molar-refractivity contribution in [1.82, 2.24) is 0 Å². The molecular weight excluding hydrogens is 402 g/mol. The molecule has 0 spiro atoms. The van der Waals surface area contributed by atoms with Crippen molar-refractivity contribution in [2.24, 2.45) is 0 Å². The molecule has 0 saturated heterocycles. The maximum absolute atomic E-state index is 11.0. The molecule has 2 heteroatoms. The van der Waals surface area contributed by atoms with Crippen LogP contribution in [-0.2, 0) is 5.41 Å². The van der Waals surface area contributed by atoms with Crippen molar-refractivity contribution in [3.05, 3.63) is 125 Å². The lowest BCUT2D eigenvalue weighted by Gasteiger charge is -2.42. The van der Waals surface area contributed by atoms with E-state index in [4.69, 9.17) is 4.74 Å². The van der Waals surface area contributed by atoms with Gasteiger partial charge in [-0.15, -0.1) is 0 Å². The maximum Gasteiger partial charge on any atom is 0.118 e. The van der Waals surface area contributed by atoms with E-state index < -0.39 is 5.41 Å².